The van der Waals surface area contributed by atoms with Crippen LogP contribution in [-0.4, -0.2) is 20.1 Å². The molecule has 0 radical (unpaired) electrons. The summed E-state index contributed by atoms with van der Waals surface area (Å²) >= 11 is 0. The molecule has 1 aliphatic carbocycles. The second-order valence-corrected chi connectivity index (χ2v) is 4.70. The maximum atomic E-state index is 9.28. The number of rotatable bonds is 6. The lowest BCUT2D eigenvalue weighted by molar-refractivity contribution is 0.275. The first kappa shape index (κ1) is 11.6. The number of aliphatic hydroxyl groups is 1. The van der Waals surface area contributed by atoms with E-state index in [0.717, 1.165) is 30.9 Å². The van der Waals surface area contributed by atoms with Gasteiger partial charge in [0.25, 0.3) is 0 Å². The Morgan fingerprint density at radius 1 is 1.38 bits per heavy atom. The normalized spacial score (nSPS) is 16.0. The van der Waals surface area contributed by atoms with Crippen molar-refractivity contribution in [1.29, 1.82) is 0 Å². The molecule has 0 aromatic carbocycles. The molecule has 90 valence electrons. The van der Waals surface area contributed by atoms with Crippen LogP contribution < -0.4 is 0 Å². The summed E-state index contributed by atoms with van der Waals surface area (Å²) in [7, 11) is 0. The molecular formula is C12H21N3O. The average Bonchev–Trinajstić information content (AvgIpc) is 3.03. The molecule has 0 bridgehead atoms. The van der Waals surface area contributed by atoms with E-state index in [1.807, 2.05) is 4.68 Å². The molecule has 4 heteroatoms. The van der Waals surface area contributed by atoms with E-state index < -0.39 is 0 Å². The molecular weight excluding hydrogens is 202 g/mol. The van der Waals surface area contributed by atoms with Gasteiger partial charge < -0.3 is 5.11 Å². The molecule has 0 amide bonds. The average molecular weight is 223 g/mol. The van der Waals surface area contributed by atoms with Crippen LogP contribution in [0.4, 0.5) is 0 Å². The van der Waals surface area contributed by atoms with Crippen molar-refractivity contribution in [2.75, 3.05) is 0 Å². The van der Waals surface area contributed by atoms with E-state index >= 15 is 0 Å². The first-order valence-electron chi connectivity index (χ1n) is 6.33. The number of hydrogen-bond donors (Lipinski definition) is 1. The zero-order valence-corrected chi connectivity index (χ0v) is 10.2. The summed E-state index contributed by atoms with van der Waals surface area (Å²) in [6, 6.07) is 0.432. The van der Waals surface area contributed by atoms with Crippen LogP contribution in [0.2, 0.25) is 0 Å². The fourth-order valence-corrected chi connectivity index (χ4v) is 2.20. The quantitative estimate of drug-likeness (QED) is 0.803. The Morgan fingerprint density at radius 2 is 2.06 bits per heavy atom. The third-order valence-electron chi connectivity index (χ3n) is 3.49. The van der Waals surface area contributed by atoms with Crippen molar-refractivity contribution in [2.45, 2.75) is 58.6 Å². The summed E-state index contributed by atoms with van der Waals surface area (Å²) in [6.45, 7) is 4.37. The highest BCUT2D eigenvalue weighted by atomic mass is 16.3. The van der Waals surface area contributed by atoms with Crippen LogP contribution in [0.5, 0.6) is 0 Å². The Balaban J connectivity index is 2.23. The standard InChI is InChI=1S/C12H21N3O/c1-3-10(4-2)15-12(7-9-5-6-9)11(8-16)13-14-15/h9-10,16H,3-8H2,1-2H3. The number of hydrogen-bond acceptors (Lipinski definition) is 3. The van der Waals surface area contributed by atoms with Crippen LogP contribution in [0.25, 0.3) is 0 Å². The Kier molecular flexibility index (Phi) is 3.59. The minimum absolute atomic E-state index is 0.0161. The van der Waals surface area contributed by atoms with Gasteiger partial charge in [0.15, 0.2) is 0 Å². The van der Waals surface area contributed by atoms with Crippen LogP contribution in [-0.2, 0) is 13.0 Å². The number of aliphatic hydroxyl groups excluding tert-OH is 1. The maximum absolute atomic E-state index is 9.28. The molecule has 1 saturated carbocycles. The molecule has 1 aromatic rings. The maximum Gasteiger partial charge on any atom is 0.111 e. The summed E-state index contributed by atoms with van der Waals surface area (Å²) in [5.41, 5.74) is 1.94. The predicted octanol–water partition coefficient (Wildman–Crippen LogP) is 2.08. The highest BCUT2D eigenvalue weighted by Crippen LogP contribution is 2.34. The van der Waals surface area contributed by atoms with E-state index in [9.17, 15) is 5.11 Å². The molecule has 0 spiro atoms. The van der Waals surface area contributed by atoms with Gasteiger partial charge in [-0.25, -0.2) is 4.68 Å². The van der Waals surface area contributed by atoms with Crippen molar-refractivity contribution < 1.29 is 5.11 Å². The summed E-state index contributed by atoms with van der Waals surface area (Å²) < 4.78 is 2.05. The van der Waals surface area contributed by atoms with Crippen molar-refractivity contribution in [2.24, 2.45) is 5.92 Å². The number of aromatic nitrogens is 3. The molecule has 1 aliphatic rings. The molecule has 1 N–H and O–H groups in total. The van der Waals surface area contributed by atoms with Crippen molar-refractivity contribution in [1.82, 2.24) is 15.0 Å². The first-order chi connectivity index (χ1) is 7.80. The highest BCUT2D eigenvalue weighted by Gasteiger charge is 2.27. The van der Waals surface area contributed by atoms with Crippen molar-refractivity contribution >= 4 is 0 Å². The first-order valence-corrected chi connectivity index (χ1v) is 6.33. The lowest BCUT2D eigenvalue weighted by Gasteiger charge is -2.15. The third-order valence-corrected chi connectivity index (χ3v) is 3.49. The second kappa shape index (κ2) is 4.95. The largest absolute Gasteiger partial charge is 0.390 e. The van der Waals surface area contributed by atoms with E-state index in [4.69, 9.17) is 0 Å². The van der Waals surface area contributed by atoms with Crippen molar-refractivity contribution in [3.63, 3.8) is 0 Å². The molecule has 4 nitrogen and oxygen atoms in total. The fraction of sp³-hybridized carbons (Fsp3) is 0.833. The van der Waals surface area contributed by atoms with Gasteiger partial charge in [-0.1, -0.05) is 19.1 Å². The summed E-state index contributed by atoms with van der Waals surface area (Å²) in [4.78, 5) is 0. The summed E-state index contributed by atoms with van der Waals surface area (Å²) in [5, 5.41) is 17.6. The Labute approximate surface area is 96.7 Å². The minimum atomic E-state index is 0.0161. The molecule has 1 heterocycles. The summed E-state index contributed by atoms with van der Waals surface area (Å²) in [6.07, 6.45) is 5.82. The SMILES string of the molecule is CCC(CC)n1nnc(CO)c1CC1CC1. The molecule has 0 aliphatic heterocycles. The van der Waals surface area contributed by atoms with Gasteiger partial charge in [0, 0.05) is 0 Å². The zero-order chi connectivity index (χ0) is 11.5. The monoisotopic (exact) mass is 223 g/mol. The van der Waals surface area contributed by atoms with Gasteiger partial charge in [0.2, 0.25) is 0 Å². The van der Waals surface area contributed by atoms with Gasteiger partial charge in [0.1, 0.15) is 5.69 Å². The lowest BCUT2D eigenvalue weighted by atomic mass is 10.1. The zero-order valence-electron chi connectivity index (χ0n) is 10.2. The van der Waals surface area contributed by atoms with Crippen LogP contribution in [0, 0.1) is 5.92 Å². The molecule has 2 rings (SSSR count). The van der Waals surface area contributed by atoms with Crippen LogP contribution in [0.1, 0.15) is 57.0 Å². The van der Waals surface area contributed by atoms with Gasteiger partial charge in [0.05, 0.1) is 18.3 Å². The number of nitrogens with zero attached hydrogens (tertiary/aromatic N) is 3. The Bertz CT molecular complexity index is 340. The molecule has 1 fully saturated rings. The van der Waals surface area contributed by atoms with Crippen LogP contribution in [0.3, 0.4) is 0 Å². The topological polar surface area (TPSA) is 50.9 Å². The van der Waals surface area contributed by atoms with Crippen molar-refractivity contribution in [3.8, 4) is 0 Å². The van der Waals surface area contributed by atoms with E-state index in [1.54, 1.807) is 0 Å². The Morgan fingerprint density at radius 3 is 2.56 bits per heavy atom. The van der Waals surface area contributed by atoms with Crippen molar-refractivity contribution in [3.05, 3.63) is 11.4 Å². The van der Waals surface area contributed by atoms with E-state index in [1.165, 1.54) is 18.5 Å². The molecule has 0 unspecified atom stereocenters. The molecule has 1 aromatic heterocycles. The minimum Gasteiger partial charge on any atom is -0.390 e. The Hall–Kier alpha value is -0.900. The molecule has 0 saturated heterocycles. The van der Waals surface area contributed by atoms with Crippen LogP contribution in [0.15, 0.2) is 0 Å². The fourth-order valence-electron chi connectivity index (χ4n) is 2.20. The van der Waals surface area contributed by atoms with Gasteiger partial charge >= 0.3 is 0 Å². The lowest BCUT2D eigenvalue weighted by Crippen LogP contribution is -2.13. The summed E-state index contributed by atoms with van der Waals surface area (Å²) in [5.74, 6) is 0.803. The van der Waals surface area contributed by atoms with Gasteiger partial charge in [-0.3, -0.25) is 0 Å². The second-order valence-electron chi connectivity index (χ2n) is 4.70. The van der Waals surface area contributed by atoms with Gasteiger partial charge in [-0.2, -0.15) is 0 Å². The van der Waals surface area contributed by atoms with E-state index in [-0.39, 0.29) is 6.61 Å². The smallest absolute Gasteiger partial charge is 0.111 e. The van der Waals surface area contributed by atoms with Crippen LogP contribution >= 0.6 is 0 Å². The van der Waals surface area contributed by atoms with E-state index in [2.05, 4.69) is 24.2 Å². The van der Waals surface area contributed by atoms with Gasteiger partial charge in [-0.05, 0) is 38.0 Å². The highest BCUT2D eigenvalue weighted by molar-refractivity contribution is 5.12. The molecule has 0 atom stereocenters. The van der Waals surface area contributed by atoms with E-state index in [0.29, 0.717) is 6.04 Å². The molecule has 16 heavy (non-hydrogen) atoms. The predicted molar refractivity (Wildman–Crippen MR) is 62.0 cm³/mol. The third kappa shape index (κ3) is 2.26. The van der Waals surface area contributed by atoms with Gasteiger partial charge in [-0.15, -0.1) is 5.10 Å².